The van der Waals surface area contributed by atoms with Crippen LogP contribution in [-0.4, -0.2) is 54.3 Å². The molecule has 0 radical (unpaired) electrons. The van der Waals surface area contributed by atoms with Gasteiger partial charge in [0.15, 0.2) is 0 Å². The molecule has 1 N–H and O–H groups in total. The minimum Gasteiger partial charge on any atom is -0.385 e. The number of nitrogens with one attached hydrogen (secondary N) is 1. The second-order valence-electron chi connectivity index (χ2n) is 8.62. The molecule has 0 spiro atoms. The first kappa shape index (κ1) is 22.6. The number of rotatable bonds is 7. The Labute approximate surface area is 196 Å². The van der Waals surface area contributed by atoms with Crippen LogP contribution in [-0.2, 0) is 22.4 Å². The van der Waals surface area contributed by atoms with Gasteiger partial charge in [-0.15, -0.1) is 0 Å². The van der Waals surface area contributed by atoms with Crippen LogP contribution in [0.3, 0.4) is 0 Å². The van der Waals surface area contributed by atoms with Crippen LogP contribution in [0, 0.1) is 5.92 Å². The fourth-order valence-electron chi connectivity index (χ4n) is 4.27. The van der Waals surface area contributed by atoms with Gasteiger partial charge in [-0.1, -0.05) is 78.9 Å². The van der Waals surface area contributed by atoms with Crippen molar-refractivity contribution >= 4 is 17.5 Å². The van der Waals surface area contributed by atoms with Crippen molar-refractivity contribution in [1.29, 1.82) is 0 Å². The van der Waals surface area contributed by atoms with Crippen LogP contribution in [0.4, 0.5) is 5.69 Å². The van der Waals surface area contributed by atoms with Gasteiger partial charge in [-0.25, -0.2) is 0 Å². The van der Waals surface area contributed by atoms with Gasteiger partial charge in [0.1, 0.15) is 0 Å². The molecule has 1 aliphatic rings. The van der Waals surface area contributed by atoms with Gasteiger partial charge >= 0.3 is 0 Å². The van der Waals surface area contributed by atoms with Gasteiger partial charge in [0.25, 0.3) is 0 Å². The first-order valence-electron chi connectivity index (χ1n) is 11.6. The average molecular weight is 442 g/mol. The second-order valence-corrected chi connectivity index (χ2v) is 8.62. The van der Waals surface area contributed by atoms with Crippen molar-refractivity contribution in [3.8, 4) is 0 Å². The maximum absolute atomic E-state index is 13.1. The number of anilines is 1. The van der Waals surface area contributed by atoms with E-state index in [0.29, 0.717) is 45.6 Å². The highest BCUT2D eigenvalue weighted by atomic mass is 16.2. The Morgan fingerprint density at radius 2 is 1.09 bits per heavy atom. The molecule has 0 saturated carbocycles. The predicted molar refractivity (Wildman–Crippen MR) is 132 cm³/mol. The maximum atomic E-state index is 13.1. The zero-order valence-electron chi connectivity index (χ0n) is 18.9. The van der Waals surface area contributed by atoms with Crippen LogP contribution >= 0.6 is 0 Å². The molecule has 5 nitrogen and oxygen atoms in total. The Morgan fingerprint density at radius 3 is 1.55 bits per heavy atom. The molecular weight excluding hydrogens is 410 g/mol. The lowest BCUT2D eigenvalue weighted by Gasteiger charge is -2.25. The highest BCUT2D eigenvalue weighted by Crippen LogP contribution is 2.16. The number of hydrogen-bond acceptors (Lipinski definition) is 3. The molecule has 3 aromatic carbocycles. The molecule has 1 heterocycles. The van der Waals surface area contributed by atoms with Gasteiger partial charge in [-0.3, -0.25) is 9.59 Å². The fourth-order valence-corrected chi connectivity index (χ4v) is 4.27. The molecule has 1 fully saturated rings. The van der Waals surface area contributed by atoms with E-state index in [1.165, 1.54) is 0 Å². The van der Waals surface area contributed by atoms with E-state index in [0.717, 1.165) is 16.8 Å². The van der Waals surface area contributed by atoms with E-state index in [1.54, 1.807) is 0 Å². The molecule has 0 aliphatic carbocycles. The number of amides is 2. The smallest absolute Gasteiger partial charge is 0.227 e. The molecule has 1 aliphatic heterocycles. The number of para-hydroxylation sites is 1. The lowest BCUT2D eigenvalue weighted by molar-refractivity contribution is -0.132. The zero-order valence-corrected chi connectivity index (χ0v) is 18.9. The van der Waals surface area contributed by atoms with Crippen LogP contribution in [0.15, 0.2) is 91.0 Å². The Bertz CT molecular complexity index is 961. The van der Waals surface area contributed by atoms with E-state index in [4.69, 9.17) is 0 Å². The van der Waals surface area contributed by atoms with Crippen LogP contribution < -0.4 is 5.32 Å². The summed E-state index contributed by atoms with van der Waals surface area (Å²) < 4.78 is 0. The van der Waals surface area contributed by atoms with Crippen molar-refractivity contribution < 1.29 is 9.59 Å². The number of benzene rings is 3. The van der Waals surface area contributed by atoms with Crippen molar-refractivity contribution in [3.05, 3.63) is 102 Å². The molecule has 0 atom stereocenters. The van der Waals surface area contributed by atoms with Crippen molar-refractivity contribution in [2.45, 2.75) is 12.8 Å². The largest absolute Gasteiger partial charge is 0.385 e. The second kappa shape index (κ2) is 11.3. The van der Waals surface area contributed by atoms with Gasteiger partial charge in [-0.05, 0) is 23.3 Å². The van der Waals surface area contributed by atoms with Crippen molar-refractivity contribution in [2.24, 2.45) is 5.92 Å². The normalized spacial score (nSPS) is 14.5. The third-order valence-electron chi connectivity index (χ3n) is 6.07. The number of nitrogens with zero attached hydrogens (tertiary/aromatic N) is 2. The summed E-state index contributed by atoms with van der Waals surface area (Å²) in [5, 5.41) is 3.48. The summed E-state index contributed by atoms with van der Waals surface area (Å²) in [4.78, 5) is 30.1. The molecule has 0 aromatic heterocycles. The van der Waals surface area contributed by atoms with Crippen molar-refractivity contribution in [2.75, 3.05) is 38.0 Å². The molecule has 0 unspecified atom stereocenters. The van der Waals surface area contributed by atoms with Crippen LogP contribution in [0.25, 0.3) is 0 Å². The molecule has 33 heavy (non-hydrogen) atoms. The zero-order chi connectivity index (χ0) is 22.9. The number of hydrogen-bond donors (Lipinski definition) is 1. The topological polar surface area (TPSA) is 52.7 Å². The number of carbonyl (C=O) groups is 2. The quantitative estimate of drug-likeness (QED) is 0.606. The van der Waals surface area contributed by atoms with E-state index >= 15 is 0 Å². The van der Waals surface area contributed by atoms with E-state index < -0.39 is 0 Å². The van der Waals surface area contributed by atoms with E-state index in [1.807, 2.05) is 101 Å². The molecule has 0 bridgehead atoms. The summed E-state index contributed by atoms with van der Waals surface area (Å²) in [6.07, 6.45) is 0.773. The molecule has 3 aromatic rings. The van der Waals surface area contributed by atoms with E-state index in [2.05, 4.69) is 5.32 Å². The minimum absolute atomic E-state index is 0.114. The highest BCUT2D eigenvalue weighted by Gasteiger charge is 2.28. The summed E-state index contributed by atoms with van der Waals surface area (Å²) in [5.41, 5.74) is 3.08. The van der Waals surface area contributed by atoms with Gasteiger partial charge in [0, 0.05) is 44.3 Å². The lowest BCUT2D eigenvalue weighted by Crippen LogP contribution is -2.38. The summed E-state index contributed by atoms with van der Waals surface area (Å²) >= 11 is 0. The highest BCUT2D eigenvalue weighted by molar-refractivity contribution is 5.80. The van der Waals surface area contributed by atoms with Gasteiger partial charge < -0.3 is 15.1 Å². The summed E-state index contributed by atoms with van der Waals surface area (Å²) in [6.45, 7) is 3.11. The SMILES string of the molecule is O=C(Cc1ccccc1)N1CCN(C(=O)Cc2ccccc2)CC(CNc2ccccc2)C1. The maximum Gasteiger partial charge on any atom is 0.227 e. The minimum atomic E-state index is 0.114. The standard InChI is InChI=1S/C28H31N3O2/c32-27(18-23-10-4-1-5-11-23)30-16-17-31(28(33)19-24-12-6-2-7-13-24)22-25(21-30)20-29-26-14-8-3-9-15-26/h1-15,25,29H,16-22H2. The van der Waals surface area contributed by atoms with Gasteiger partial charge in [-0.2, -0.15) is 0 Å². The lowest BCUT2D eigenvalue weighted by atomic mass is 10.1. The Balaban J connectivity index is 1.44. The summed E-state index contributed by atoms with van der Waals surface area (Å²) in [7, 11) is 0. The van der Waals surface area contributed by atoms with Crippen LogP contribution in [0.5, 0.6) is 0 Å². The van der Waals surface area contributed by atoms with Gasteiger partial charge in [0.2, 0.25) is 11.8 Å². The monoisotopic (exact) mass is 441 g/mol. The molecule has 1 saturated heterocycles. The average Bonchev–Trinajstić information content (AvgIpc) is 3.08. The Hall–Kier alpha value is -3.60. The van der Waals surface area contributed by atoms with Crippen molar-refractivity contribution in [1.82, 2.24) is 9.80 Å². The molecule has 2 amide bonds. The fraction of sp³-hybridized carbons (Fsp3) is 0.286. The number of carbonyl (C=O) groups excluding carboxylic acids is 2. The van der Waals surface area contributed by atoms with E-state index in [9.17, 15) is 9.59 Å². The molecule has 5 heteroatoms. The summed E-state index contributed by atoms with van der Waals surface area (Å²) in [6, 6.07) is 29.8. The summed E-state index contributed by atoms with van der Waals surface area (Å²) in [5.74, 6) is 0.374. The third-order valence-corrected chi connectivity index (χ3v) is 6.07. The van der Waals surface area contributed by atoms with Crippen LogP contribution in [0.1, 0.15) is 11.1 Å². The first-order valence-corrected chi connectivity index (χ1v) is 11.6. The molecule has 4 rings (SSSR count). The predicted octanol–water partition coefficient (Wildman–Crippen LogP) is 3.87. The van der Waals surface area contributed by atoms with Crippen molar-refractivity contribution in [3.63, 3.8) is 0 Å². The van der Waals surface area contributed by atoms with Crippen LogP contribution in [0.2, 0.25) is 0 Å². The first-order chi connectivity index (χ1) is 16.2. The molecule has 170 valence electrons. The Kier molecular flexibility index (Phi) is 7.75. The third kappa shape index (κ3) is 6.69. The Morgan fingerprint density at radius 1 is 0.667 bits per heavy atom. The van der Waals surface area contributed by atoms with Gasteiger partial charge in [0.05, 0.1) is 12.8 Å². The van der Waals surface area contributed by atoms with E-state index in [-0.39, 0.29) is 17.7 Å². The molecular formula is C28H31N3O2.